The van der Waals surface area contributed by atoms with E-state index in [1.54, 1.807) is 35.2 Å². The molecule has 0 saturated carbocycles. The summed E-state index contributed by atoms with van der Waals surface area (Å²) in [6.07, 6.45) is 3.76. The van der Waals surface area contributed by atoms with Crippen LogP contribution in [-0.4, -0.2) is 57.9 Å². The molecule has 1 unspecified atom stereocenters. The van der Waals surface area contributed by atoms with Gasteiger partial charge in [-0.15, -0.1) is 0 Å². The van der Waals surface area contributed by atoms with Gasteiger partial charge >= 0.3 is 0 Å². The van der Waals surface area contributed by atoms with Crippen molar-refractivity contribution in [3.63, 3.8) is 0 Å². The number of benzene rings is 2. The van der Waals surface area contributed by atoms with Crippen LogP contribution in [0.2, 0.25) is 0 Å². The monoisotopic (exact) mass is 515 g/mol. The largest absolute Gasteiger partial charge is 0.495 e. The summed E-state index contributed by atoms with van der Waals surface area (Å²) in [6, 6.07) is 11.7. The van der Waals surface area contributed by atoms with Crippen LogP contribution in [0.1, 0.15) is 39.0 Å². The summed E-state index contributed by atoms with van der Waals surface area (Å²) in [5.41, 5.74) is 0.965. The number of nitrogens with one attached hydrogen (secondary N) is 1. The Kier molecular flexibility index (Phi) is 8.15. The van der Waals surface area contributed by atoms with E-state index in [1.807, 2.05) is 6.92 Å². The fourth-order valence-electron chi connectivity index (χ4n) is 4.63. The van der Waals surface area contributed by atoms with Crippen LogP contribution in [0.3, 0.4) is 0 Å². The van der Waals surface area contributed by atoms with Gasteiger partial charge in [-0.3, -0.25) is 9.59 Å². The molecule has 2 heterocycles. The van der Waals surface area contributed by atoms with Crippen molar-refractivity contribution in [2.24, 2.45) is 5.92 Å². The lowest BCUT2D eigenvalue weighted by Crippen LogP contribution is -2.32. The van der Waals surface area contributed by atoms with Crippen LogP contribution in [0.25, 0.3) is 0 Å². The van der Waals surface area contributed by atoms with E-state index in [1.165, 1.54) is 23.5 Å². The van der Waals surface area contributed by atoms with Crippen LogP contribution in [0.5, 0.6) is 11.5 Å². The van der Waals surface area contributed by atoms with Crippen LogP contribution >= 0.6 is 0 Å². The Labute approximate surface area is 212 Å². The maximum atomic E-state index is 13.3. The highest BCUT2D eigenvalue weighted by Gasteiger charge is 2.36. The summed E-state index contributed by atoms with van der Waals surface area (Å²) in [5, 5.41) is 2.80. The third-order valence-electron chi connectivity index (χ3n) is 6.59. The fourth-order valence-corrected chi connectivity index (χ4v) is 6.18. The van der Waals surface area contributed by atoms with E-state index in [4.69, 9.17) is 9.47 Å². The molecule has 1 atom stereocenters. The van der Waals surface area contributed by atoms with Gasteiger partial charge in [0.2, 0.25) is 21.8 Å². The quantitative estimate of drug-likeness (QED) is 0.575. The van der Waals surface area contributed by atoms with Crippen molar-refractivity contribution in [2.45, 2.75) is 43.9 Å². The second-order valence-electron chi connectivity index (χ2n) is 9.00. The number of ether oxygens (including phenoxy) is 2. The molecule has 10 heteroatoms. The number of nitrogens with zero attached hydrogens (tertiary/aromatic N) is 2. The number of hydrogen-bond donors (Lipinski definition) is 1. The van der Waals surface area contributed by atoms with Gasteiger partial charge in [0, 0.05) is 31.7 Å². The Bertz CT molecular complexity index is 1190. The third kappa shape index (κ3) is 5.65. The van der Waals surface area contributed by atoms with Gasteiger partial charge in [-0.05, 0) is 62.2 Å². The van der Waals surface area contributed by atoms with Crippen molar-refractivity contribution in [2.75, 3.05) is 43.6 Å². The van der Waals surface area contributed by atoms with Crippen molar-refractivity contribution in [1.82, 2.24) is 4.31 Å². The zero-order valence-corrected chi connectivity index (χ0v) is 21.6. The van der Waals surface area contributed by atoms with Gasteiger partial charge in [0.05, 0.1) is 30.2 Å². The number of rotatable bonds is 8. The van der Waals surface area contributed by atoms with E-state index in [2.05, 4.69) is 5.32 Å². The molecule has 2 fully saturated rings. The van der Waals surface area contributed by atoms with Gasteiger partial charge in [-0.2, -0.15) is 4.31 Å². The van der Waals surface area contributed by atoms with E-state index in [9.17, 15) is 18.0 Å². The number of amides is 2. The van der Waals surface area contributed by atoms with Crippen molar-refractivity contribution in [3.05, 3.63) is 42.5 Å². The van der Waals surface area contributed by atoms with E-state index >= 15 is 0 Å². The van der Waals surface area contributed by atoms with Crippen LogP contribution in [0.4, 0.5) is 11.4 Å². The van der Waals surface area contributed by atoms with Gasteiger partial charge in [-0.25, -0.2) is 8.42 Å². The van der Waals surface area contributed by atoms with Crippen LogP contribution in [-0.2, 0) is 19.6 Å². The Morgan fingerprint density at radius 2 is 1.75 bits per heavy atom. The molecule has 0 aromatic heterocycles. The topological polar surface area (TPSA) is 105 Å². The molecule has 2 aliphatic heterocycles. The molecule has 0 bridgehead atoms. The molecule has 2 aliphatic rings. The Hall–Kier alpha value is -3.11. The van der Waals surface area contributed by atoms with Crippen molar-refractivity contribution in [3.8, 4) is 11.5 Å². The minimum atomic E-state index is -3.70. The molecule has 2 amide bonds. The molecule has 1 N–H and O–H groups in total. The molecule has 0 radical (unpaired) electrons. The third-order valence-corrected chi connectivity index (χ3v) is 8.48. The lowest BCUT2D eigenvalue weighted by atomic mass is 10.1. The van der Waals surface area contributed by atoms with Crippen LogP contribution in [0.15, 0.2) is 47.4 Å². The summed E-state index contributed by atoms with van der Waals surface area (Å²) < 4.78 is 38.8. The first-order valence-corrected chi connectivity index (χ1v) is 13.8. The number of carbonyl (C=O) groups is 2. The highest BCUT2D eigenvalue weighted by molar-refractivity contribution is 7.89. The SMILES string of the molecule is CCOc1ccc(N2CC(C(=O)Nc3cc(S(=O)(=O)N4CCCCCC4)ccc3OC)CC2=O)cc1. The Balaban J connectivity index is 1.49. The predicted octanol–water partition coefficient (Wildman–Crippen LogP) is 3.65. The van der Waals surface area contributed by atoms with Gasteiger partial charge < -0.3 is 19.7 Å². The molecule has 36 heavy (non-hydrogen) atoms. The molecule has 2 aromatic carbocycles. The van der Waals surface area contributed by atoms with Gasteiger partial charge in [-0.1, -0.05) is 12.8 Å². The average Bonchev–Trinajstić information content (AvgIpc) is 3.06. The first-order valence-electron chi connectivity index (χ1n) is 12.4. The summed E-state index contributed by atoms with van der Waals surface area (Å²) in [6.45, 7) is 3.65. The minimum absolute atomic E-state index is 0.0626. The lowest BCUT2D eigenvalue weighted by molar-refractivity contribution is -0.122. The average molecular weight is 516 g/mol. The zero-order valence-electron chi connectivity index (χ0n) is 20.7. The number of carbonyl (C=O) groups excluding carboxylic acids is 2. The minimum Gasteiger partial charge on any atom is -0.495 e. The van der Waals surface area contributed by atoms with E-state index < -0.39 is 15.9 Å². The molecule has 4 rings (SSSR count). The highest BCUT2D eigenvalue weighted by atomic mass is 32.2. The summed E-state index contributed by atoms with van der Waals surface area (Å²) >= 11 is 0. The summed E-state index contributed by atoms with van der Waals surface area (Å²) in [4.78, 5) is 27.5. The van der Waals surface area contributed by atoms with Gasteiger partial charge in [0.25, 0.3) is 0 Å². The molecule has 2 saturated heterocycles. The molecule has 0 spiro atoms. The number of hydrogen-bond acceptors (Lipinski definition) is 6. The standard InChI is InChI=1S/C26H33N3O6S/c1-3-35-21-10-8-20(9-11-21)29-18-19(16-25(29)30)26(31)27-23-17-22(12-13-24(23)34-2)36(32,33)28-14-6-4-5-7-15-28/h8-13,17,19H,3-7,14-16,18H2,1-2H3,(H,27,31). The number of methoxy groups -OCH3 is 1. The maximum absolute atomic E-state index is 13.3. The number of anilines is 2. The normalized spacial score (nSPS) is 19.1. The molecular weight excluding hydrogens is 482 g/mol. The van der Waals surface area contributed by atoms with Crippen molar-refractivity contribution >= 4 is 33.2 Å². The molecule has 9 nitrogen and oxygen atoms in total. The Morgan fingerprint density at radius 3 is 2.39 bits per heavy atom. The smallest absolute Gasteiger partial charge is 0.243 e. The van der Waals surface area contributed by atoms with Crippen LogP contribution in [0, 0.1) is 5.92 Å². The summed E-state index contributed by atoms with van der Waals surface area (Å²) in [7, 11) is -2.24. The molecular formula is C26H33N3O6S. The van der Waals surface area contributed by atoms with Gasteiger partial charge in [0.1, 0.15) is 11.5 Å². The predicted molar refractivity (Wildman–Crippen MR) is 137 cm³/mol. The van der Waals surface area contributed by atoms with E-state index in [-0.39, 0.29) is 35.4 Å². The van der Waals surface area contributed by atoms with E-state index in [0.717, 1.165) is 25.7 Å². The first kappa shape index (κ1) is 26.0. The number of sulfonamides is 1. The molecule has 0 aliphatic carbocycles. The second kappa shape index (κ2) is 11.3. The lowest BCUT2D eigenvalue weighted by Gasteiger charge is -2.21. The summed E-state index contributed by atoms with van der Waals surface area (Å²) in [5.74, 6) is -0.0297. The maximum Gasteiger partial charge on any atom is 0.243 e. The second-order valence-corrected chi connectivity index (χ2v) is 10.9. The van der Waals surface area contributed by atoms with Crippen molar-refractivity contribution < 1.29 is 27.5 Å². The highest BCUT2D eigenvalue weighted by Crippen LogP contribution is 2.32. The Morgan fingerprint density at radius 1 is 1.06 bits per heavy atom. The van der Waals surface area contributed by atoms with Gasteiger partial charge in [0.15, 0.2) is 0 Å². The zero-order chi connectivity index (χ0) is 25.7. The van der Waals surface area contributed by atoms with Crippen molar-refractivity contribution in [1.29, 1.82) is 0 Å². The fraction of sp³-hybridized carbons (Fsp3) is 0.462. The molecule has 2 aromatic rings. The van der Waals surface area contributed by atoms with E-state index in [0.29, 0.717) is 36.9 Å². The molecule has 194 valence electrons. The van der Waals surface area contributed by atoms with Crippen LogP contribution < -0.4 is 19.7 Å². The first-order chi connectivity index (χ1) is 17.3.